The standard InChI is InChI=1S/C19H28N4O2S/c1-6-22(7-2)18(24)13-26-19-21-20-17(23(19)8-3)12-25-16-11-9-10-14(4)15(16)5/h9-11H,6-8,12-13H2,1-5H3. The number of amides is 1. The third kappa shape index (κ3) is 4.78. The van der Waals surface area contributed by atoms with E-state index >= 15 is 0 Å². The average molecular weight is 377 g/mol. The van der Waals surface area contributed by atoms with Gasteiger partial charge in [-0.3, -0.25) is 4.79 Å². The second-order valence-corrected chi connectivity index (χ2v) is 6.93. The summed E-state index contributed by atoms with van der Waals surface area (Å²) in [5.41, 5.74) is 2.33. The largest absolute Gasteiger partial charge is 0.485 e. The maximum atomic E-state index is 12.2. The molecule has 0 saturated heterocycles. The summed E-state index contributed by atoms with van der Waals surface area (Å²) in [6, 6.07) is 6.02. The lowest BCUT2D eigenvalue weighted by Crippen LogP contribution is -2.31. The number of hydrogen-bond donors (Lipinski definition) is 0. The first-order valence-electron chi connectivity index (χ1n) is 9.03. The monoisotopic (exact) mass is 376 g/mol. The average Bonchev–Trinajstić information content (AvgIpc) is 3.04. The number of rotatable bonds is 9. The lowest BCUT2D eigenvalue weighted by molar-refractivity contribution is -0.127. The molecule has 0 saturated carbocycles. The summed E-state index contributed by atoms with van der Waals surface area (Å²) in [6.07, 6.45) is 0. The molecular weight excluding hydrogens is 348 g/mol. The Kier molecular flexibility index (Phi) is 7.50. The third-order valence-electron chi connectivity index (χ3n) is 4.46. The molecule has 0 atom stereocenters. The Bertz CT molecular complexity index is 741. The van der Waals surface area contributed by atoms with Crippen molar-refractivity contribution in [3.8, 4) is 5.75 Å². The molecule has 0 fully saturated rings. The summed E-state index contributed by atoms with van der Waals surface area (Å²) in [5, 5.41) is 9.26. The Hall–Kier alpha value is -2.02. The number of benzene rings is 1. The van der Waals surface area contributed by atoms with E-state index in [1.54, 1.807) is 0 Å². The van der Waals surface area contributed by atoms with Crippen LogP contribution in [0.3, 0.4) is 0 Å². The van der Waals surface area contributed by atoms with Crippen LogP contribution in [0.25, 0.3) is 0 Å². The molecule has 0 N–H and O–H groups in total. The van der Waals surface area contributed by atoms with E-state index in [4.69, 9.17) is 4.74 Å². The molecule has 142 valence electrons. The second-order valence-electron chi connectivity index (χ2n) is 5.98. The van der Waals surface area contributed by atoms with E-state index in [9.17, 15) is 4.79 Å². The summed E-state index contributed by atoms with van der Waals surface area (Å²) >= 11 is 1.43. The number of hydrogen-bond acceptors (Lipinski definition) is 5. The van der Waals surface area contributed by atoms with E-state index in [0.717, 1.165) is 41.9 Å². The maximum Gasteiger partial charge on any atom is 0.233 e. The lowest BCUT2D eigenvalue weighted by Gasteiger charge is -2.18. The highest BCUT2D eigenvalue weighted by Gasteiger charge is 2.16. The van der Waals surface area contributed by atoms with Crippen molar-refractivity contribution in [1.82, 2.24) is 19.7 Å². The van der Waals surface area contributed by atoms with E-state index in [1.165, 1.54) is 17.3 Å². The summed E-state index contributed by atoms with van der Waals surface area (Å²) in [6.45, 7) is 12.7. The minimum Gasteiger partial charge on any atom is -0.485 e. The molecule has 1 amide bonds. The molecule has 1 heterocycles. The summed E-state index contributed by atoms with van der Waals surface area (Å²) in [7, 11) is 0. The van der Waals surface area contributed by atoms with Gasteiger partial charge in [-0.15, -0.1) is 10.2 Å². The zero-order valence-electron chi connectivity index (χ0n) is 16.3. The van der Waals surface area contributed by atoms with Crippen LogP contribution in [-0.2, 0) is 17.9 Å². The van der Waals surface area contributed by atoms with Crippen LogP contribution in [0.4, 0.5) is 0 Å². The molecule has 6 nitrogen and oxygen atoms in total. The van der Waals surface area contributed by atoms with Gasteiger partial charge in [-0.2, -0.15) is 0 Å². The quantitative estimate of drug-likeness (QED) is 0.627. The van der Waals surface area contributed by atoms with E-state index in [2.05, 4.69) is 30.1 Å². The van der Waals surface area contributed by atoms with Crippen LogP contribution in [0.5, 0.6) is 5.75 Å². The zero-order chi connectivity index (χ0) is 19.1. The van der Waals surface area contributed by atoms with Gasteiger partial charge in [-0.05, 0) is 51.8 Å². The van der Waals surface area contributed by atoms with Crippen LogP contribution in [0, 0.1) is 13.8 Å². The maximum absolute atomic E-state index is 12.2. The van der Waals surface area contributed by atoms with Gasteiger partial charge in [0.25, 0.3) is 0 Å². The van der Waals surface area contributed by atoms with E-state index in [0.29, 0.717) is 12.4 Å². The fourth-order valence-corrected chi connectivity index (χ4v) is 3.59. The van der Waals surface area contributed by atoms with E-state index in [1.807, 2.05) is 42.4 Å². The highest BCUT2D eigenvalue weighted by molar-refractivity contribution is 7.99. The number of aryl methyl sites for hydroxylation is 1. The van der Waals surface area contributed by atoms with Crippen LogP contribution in [0.1, 0.15) is 37.7 Å². The van der Waals surface area contributed by atoms with Gasteiger partial charge >= 0.3 is 0 Å². The smallest absolute Gasteiger partial charge is 0.233 e. The van der Waals surface area contributed by atoms with Crippen molar-refractivity contribution in [2.45, 2.75) is 52.9 Å². The number of thioether (sulfide) groups is 1. The van der Waals surface area contributed by atoms with Crippen LogP contribution < -0.4 is 4.74 Å². The first kappa shape index (κ1) is 20.3. The Labute approximate surface area is 159 Å². The van der Waals surface area contributed by atoms with Gasteiger partial charge in [0.1, 0.15) is 12.4 Å². The number of aromatic nitrogens is 3. The van der Waals surface area contributed by atoms with Crippen molar-refractivity contribution in [3.63, 3.8) is 0 Å². The molecule has 1 aromatic carbocycles. The normalized spacial score (nSPS) is 10.8. The minimum absolute atomic E-state index is 0.124. The second kappa shape index (κ2) is 9.62. The van der Waals surface area contributed by atoms with Gasteiger partial charge in [-0.25, -0.2) is 0 Å². The van der Waals surface area contributed by atoms with Crippen LogP contribution in [0.15, 0.2) is 23.4 Å². The topological polar surface area (TPSA) is 60.3 Å². The molecular formula is C19H28N4O2S. The van der Waals surface area contributed by atoms with Crippen molar-refractivity contribution in [3.05, 3.63) is 35.2 Å². The van der Waals surface area contributed by atoms with Crippen molar-refractivity contribution >= 4 is 17.7 Å². The number of nitrogens with zero attached hydrogens (tertiary/aromatic N) is 4. The molecule has 0 bridgehead atoms. The molecule has 2 rings (SSSR count). The van der Waals surface area contributed by atoms with Crippen LogP contribution in [0.2, 0.25) is 0 Å². The van der Waals surface area contributed by atoms with Gasteiger partial charge in [0, 0.05) is 19.6 Å². The molecule has 0 spiro atoms. The Morgan fingerprint density at radius 2 is 1.92 bits per heavy atom. The van der Waals surface area contributed by atoms with Crippen LogP contribution >= 0.6 is 11.8 Å². The molecule has 0 aliphatic carbocycles. The number of ether oxygens (including phenoxy) is 1. The van der Waals surface area contributed by atoms with Crippen molar-refractivity contribution < 1.29 is 9.53 Å². The number of carbonyl (C=O) groups excluding carboxylic acids is 1. The summed E-state index contributed by atoms with van der Waals surface area (Å²) in [4.78, 5) is 14.0. The van der Waals surface area contributed by atoms with Crippen molar-refractivity contribution in [2.75, 3.05) is 18.8 Å². The fraction of sp³-hybridized carbons (Fsp3) is 0.526. The molecule has 26 heavy (non-hydrogen) atoms. The minimum atomic E-state index is 0.124. The Balaban J connectivity index is 2.03. The van der Waals surface area contributed by atoms with Gasteiger partial charge in [-0.1, -0.05) is 23.9 Å². The first-order chi connectivity index (χ1) is 12.5. The molecule has 1 aromatic heterocycles. The number of carbonyl (C=O) groups is 1. The molecule has 0 unspecified atom stereocenters. The zero-order valence-corrected chi connectivity index (χ0v) is 17.1. The fourth-order valence-electron chi connectivity index (χ4n) is 2.67. The Morgan fingerprint density at radius 3 is 2.58 bits per heavy atom. The van der Waals surface area contributed by atoms with Crippen LogP contribution in [-0.4, -0.2) is 44.4 Å². The molecule has 0 aliphatic rings. The van der Waals surface area contributed by atoms with Gasteiger partial charge < -0.3 is 14.2 Å². The third-order valence-corrected chi connectivity index (χ3v) is 5.41. The van der Waals surface area contributed by atoms with E-state index < -0.39 is 0 Å². The molecule has 0 radical (unpaired) electrons. The lowest BCUT2D eigenvalue weighted by atomic mass is 10.1. The SMILES string of the molecule is CCN(CC)C(=O)CSc1nnc(COc2cccc(C)c2C)n1CC. The summed E-state index contributed by atoms with van der Waals surface area (Å²) < 4.78 is 7.96. The van der Waals surface area contributed by atoms with Gasteiger partial charge in [0.2, 0.25) is 5.91 Å². The summed E-state index contributed by atoms with van der Waals surface area (Å²) in [5.74, 6) is 2.13. The van der Waals surface area contributed by atoms with Crippen molar-refractivity contribution in [1.29, 1.82) is 0 Å². The van der Waals surface area contributed by atoms with Gasteiger partial charge in [0.05, 0.1) is 5.75 Å². The highest BCUT2D eigenvalue weighted by atomic mass is 32.2. The molecule has 2 aromatic rings. The molecule has 0 aliphatic heterocycles. The predicted molar refractivity (Wildman–Crippen MR) is 105 cm³/mol. The van der Waals surface area contributed by atoms with Crippen molar-refractivity contribution in [2.24, 2.45) is 0 Å². The van der Waals surface area contributed by atoms with Gasteiger partial charge in [0.15, 0.2) is 11.0 Å². The highest BCUT2D eigenvalue weighted by Crippen LogP contribution is 2.23. The molecule has 7 heteroatoms. The van der Waals surface area contributed by atoms with E-state index in [-0.39, 0.29) is 5.91 Å². The Morgan fingerprint density at radius 1 is 1.19 bits per heavy atom. The first-order valence-corrected chi connectivity index (χ1v) is 10.0. The predicted octanol–water partition coefficient (Wildman–Crippen LogP) is 3.45.